The van der Waals surface area contributed by atoms with Gasteiger partial charge in [0, 0.05) is 24.3 Å². The molecule has 19 heavy (non-hydrogen) atoms. The Hall–Kier alpha value is -1.59. The number of rotatable bonds is 5. The monoisotopic (exact) mass is 265 g/mol. The van der Waals surface area contributed by atoms with Crippen LogP contribution in [0.5, 0.6) is 0 Å². The lowest BCUT2D eigenvalue weighted by Crippen LogP contribution is -2.47. The first-order valence-electron chi connectivity index (χ1n) is 6.23. The first kappa shape index (κ1) is 15.5. The molecule has 106 valence electrons. The van der Waals surface area contributed by atoms with Crippen LogP contribution in [0.3, 0.4) is 0 Å². The van der Waals surface area contributed by atoms with Crippen molar-refractivity contribution in [3.8, 4) is 0 Å². The molecule has 1 aromatic rings. The van der Waals surface area contributed by atoms with Gasteiger partial charge in [-0.3, -0.25) is 4.79 Å². The van der Waals surface area contributed by atoms with Gasteiger partial charge in [0.05, 0.1) is 5.60 Å². The molecular formula is C14H23N3O2. The van der Waals surface area contributed by atoms with Crippen molar-refractivity contribution in [3.05, 3.63) is 29.3 Å². The number of amides is 1. The molecule has 0 aliphatic heterocycles. The van der Waals surface area contributed by atoms with Crippen LogP contribution in [0, 0.1) is 6.92 Å². The van der Waals surface area contributed by atoms with Gasteiger partial charge in [-0.25, -0.2) is 0 Å². The number of nitrogens with zero attached hydrogens (tertiary/aromatic N) is 1. The van der Waals surface area contributed by atoms with E-state index in [0.717, 1.165) is 5.56 Å². The first-order chi connectivity index (χ1) is 8.71. The molecule has 0 aromatic heterocycles. The van der Waals surface area contributed by atoms with Crippen molar-refractivity contribution in [1.29, 1.82) is 0 Å². The van der Waals surface area contributed by atoms with Crippen LogP contribution in [0.1, 0.15) is 22.8 Å². The third-order valence-electron chi connectivity index (χ3n) is 2.82. The number of nitrogens with one attached hydrogen (secondary N) is 1. The van der Waals surface area contributed by atoms with E-state index in [-0.39, 0.29) is 12.5 Å². The first-order valence-corrected chi connectivity index (χ1v) is 6.23. The maximum atomic E-state index is 12.0. The number of carbonyl (C=O) groups is 1. The van der Waals surface area contributed by atoms with Crippen LogP contribution in [-0.2, 0) is 0 Å². The summed E-state index contributed by atoms with van der Waals surface area (Å²) in [6.07, 6.45) is 0. The fourth-order valence-electron chi connectivity index (χ4n) is 1.93. The highest BCUT2D eigenvalue weighted by Gasteiger charge is 2.22. The van der Waals surface area contributed by atoms with Crippen LogP contribution in [0.4, 0.5) is 5.69 Å². The van der Waals surface area contributed by atoms with E-state index in [0.29, 0.717) is 17.8 Å². The van der Waals surface area contributed by atoms with E-state index < -0.39 is 5.60 Å². The molecule has 0 radical (unpaired) electrons. The van der Waals surface area contributed by atoms with Crippen LogP contribution < -0.4 is 11.1 Å². The van der Waals surface area contributed by atoms with E-state index in [2.05, 4.69) is 5.32 Å². The standard InChI is InChI=1S/C14H23N3O2/c1-10-7-11(5-6-12(10)15)13(18)16-8-14(2,19)9-17(3)4/h5-7,19H,8-9,15H2,1-4H3,(H,16,18). The lowest BCUT2D eigenvalue weighted by molar-refractivity contribution is 0.0326. The van der Waals surface area contributed by atoms with Crippen LogP contribution >= 0.6 is 0 Å². The topological polar surface area (TPSA) is 78.6 Å². The molecule has 1 aromatic carbocycles. The zero-order chi connectivity index (χ0) is 14.6. The Morgan fingerprint density at radius 2 is 2.11 bits per heavy atom. The summed E-state index contributed by atoms with van der Waals surface area (Å²) in [6.45, 7) is 4.23. The Bertz CT molecular complexity index is 456. The molecule has 0 saturated heterocycles. The van der Waals surface area contributed by atoms with E-state index in [1.165, 1.54) is 0 Å². The Labute approximate surface area is 114 Å². The molecular weight excluding hydrogens is 242 g/mol. The van der Waals surface area contributed by atoms with E-state index in [9.17, 15) is 9.90 Å². The van der Waals surface area contributed by atoms with Gasteiger partial charge in [0.2, 0.25) is 0 Å². The zero-order valence-corrected chi connectivity index (χ0v) is 12.0. The summed E-state index contributed by atoms with van der Waals surface area (Å²) in [5, 5.41) is 12.8. The normalized spacial score (nSPS) is 14.2. The Balaban J connectivity index is 2.62. The summed E-state index contributed by atoms with van der Waals surface area (Å²) in [5.41, 5.74) is 6.83. The highest BCUT2D eigenvalue weighted by Crippen LogP contribution is 2.12. The third-order valence-corrected chi connectivity index (χ3v) is 2.82. The van der Waals surface area contributed by atoms with Crippen LogP contribution in [0.15, 0.2) is 18.2 Å². The number of nitrogens with two attached hydrogens (primary N) is 1. The van der Waals surface area contributed by atoms with Crippen molar-refractivity contribution < 1.29 is 9.90 Å². The third kappa shape index (κ3) is 4.89. The number of likely N-dealkylation sites (N-methyl/N-ethyl adjacent to an activating group) is 1. The lowest BCUT2D eigenvalue weighted by Gasteiger charge is -2.27. The van der Waals surface area contributed by atoms with Gasteiger partial charge in [-0.2, -0.15) is 0 Å². The number of nitrogen functional groups attached to an aromatic ring is 1. The molecule has 5 nitrogen and oxygen atoms in total. The average molecular weight is 265 g/mol. The number of hydrogen-bond acceptors (Lipinski definition) is 4. The minimum Gasteiger partial charge on any atom is -0.399 e. The summed E-state index contributed by atoms with van der Waals surface area (Å²) in [6, 6.07) is 5.13. The summed E-state index contributed by atoms with van der Waals surface area (Å²) < 4.78 is 0. The predicted octanol–water partition coefficient (Wildman–Crippen LogP) is 0.620. The van der Waals surface area contributed by atoms with Crippen LogP contribution in [0.2, 0.25) is 0 Å². The van der Waals surface area contributed by atoms with Crippen molar-refractivity contribution in [2.45, 2.75) is 19.4 Å². The summed E-state index contributed by atoms with van der Waals surface area (Å²) in [5.74, 6) is -0.206. The fourth-order valence-corrected chi connectivity index (χ4v) is 1.93. The Morgan fingerprint density at radius 1 is 1.47 bits per heavy atom. The minimum atomic E-state index is -0.956. The molecule has 0 saturated carbocycles. The van der Waals surface area contributed by atoms with Crippen LogP contribution in [0.25, 0.3) is 0 Å². The number of aliphatic hydroxyl groups is 1. The van der Waals surface area contributed by atoms with Gasteiger partial charge in [0.1, 0.15) is 0 Å². The molecule has 5 heteroatoms. The molecule has 0 heterocycles. The summed E-state index contributed by atoms with van der Waals surface area (Å²) in [7, 11) is 3.75. The number of aryl methyl sites for hydroxylation is 1. The molecule has 0 spiro atoms. The van der Waals surface area contributed by atoms with E-state index in [4.69, 9.17) is 5.73 Å². The van der Waals surface area contributed by atoms with E-state index in [1.54, 1.807) is 25.1 Å². The largest absolute Gasteiger partial charge is 0.399 e. The van der Waals surface area contributed by atoms with Gasteiger partial charge in [-0.15, -0.1) is 0 Å². The number of hydrogen-bond donors (Lipinski definition) is 3. The maximum absolute atomic E-state index is 12.0. The van der Waals surface area contributed by atoms with E-state index >= 15 is 0 Å². The Morgan fingerprint density at radius 3 is 2.63 bits per heavy atom. The molecule has 1 unspecified atom stereocenters. The molecule has 0 fully saturated rings. The zero-order valence-electron chi connectivity index (χ0n) is 12.0. The lowest BCUT2D eigenvalue weighted by atomic mass is 10.1. The van der Waals surface area contributed by atoms with E-state index in [1.807, 2.05) is 25.9 Å². The number of benzene rings is 1. The quantitative estimate of drug-likeness (QED) is 0.682. The highest BCUT2D eigenvalue weighted by atomic mass is 16.3. The van der Waals surface area contributed by atoms with Gasteiger partial charge >= 0.3 is 0 Å². The molecule has 0 aliphatic rings. The van der Waals surface area contributed by atoms with Gasteiger partial charge in [-0.1, -0.05) is 0 Å². The van der Waals surface area contributed by atoms with Gasteiger partial charge in [-0.05, 0) is 51.7 Å². The smallest absolute Gasteiger partial charge is 0.251 e. The van der Waals surface area contributed by atoms with Gasteiger partial charge < -0.3 is 21.1 Å². The molecule has 1 amide bonds. The second-order valence-corrected chi connectivity index (χ2v) is 5.49. The fraction of sp³-hybridized carbons (Fsp3) is 0.500. The molecule has 4 N–H and O–H groups in total. The predicted molar refractivity (Wildman–Crippen MR) is 77.1 cm³/mol. The van der Waals surface area contributed by atoms with Gasteiger partial charge in [0.15, 0.2) is 0 Å². The SMILES string of the molecule is Cc1cc(C(=O)NCC(C)(O)CN(C)C)ccc1N. The van der Waals surface area contributed by atoms with Crippen molar-refractivity contribution in [3.63, 3.8) is 0 Å². The van der Waals surface area contributed by atoms with Crippen molar-refractivity contribution in [2.24, 2.45) is 0 Å². The van der Waals surface area contributed by atoms with Gasteiger partial charge in [0.25, 0.3) is 5.91 Å². The molecule has 0 aliphatic carbocycles. The second kappa shape index (κ2) is 6.04. The number of anilines is 1. The summed E-state index contributed by atoms with van der Waals surface area (Å²) >= 11 is 0. The molecule has 1 atom stereocenters. The molecule has 1 rings (SSSR count). The van der Waals surface area contributed by atoms with Crippen LogP contribution in [-0.4, -0.2) is 48.7 Å². The Kier molecular flexibility index (Phi) is 4.91. The minimum absolute atomic E-state index is 0.202. The molecule has 0 bridgehead atoms. The highest BCUT2D eigenvalue weighted by molar-refractivity contribution is 5.94. The average Bonchev–Trinajstić information content (AvgIpc) is 2.28. The number of carbonyl (C=O) groups excluding carboxylic acids is 1. The second-order valence-electron chi connectivity index (χ2n) is 5.49. The van der Waals surface area contributed by atoms with Crippen molar-refractivity contribution >= 4 is 11.6 Å². The maximum Gasteiger partial charge on any atom is 0.251 e. The summed E-state index contributed by atoms with van der Waals surface area (Å²) in [4.78, 5) is 13.8. The van der Waals surface area contributed by atoms with Crippen molar-refractivity contribution in [1.82, 2.24) is 10.2 Å². The van der Waals surface area contributed by atoms with Crippen molar-refractivity contribution in [2.75, 3.05) is 32.9 Å².